The summed E-state index contributed by atoms with van der Waals surface area (Å²) in [5, 5.41) is 1.02. The maximum Gasteiger partial charge on any atom is 0.200 e. The van der Waals surface area contributed by atoms with Crippen LogP contribution in [0.25, 0.3) is 17.2 Å². The minimum atomic E-state index is -0.446. The minimum absolute atomic E-state index is 0.0169. The van der Waals surface area contributed by atoms with E-state index in [-0.39, 0.29) is 22.1 Å². The van der Waals surface area contributed by atoms with E-state index in [2.05, 4.69) is 33.8 Å². The summed E-state index contributed by atoms with van der Waals surface area (Å²) in [5.74, 6) is -0.128. The van der Waals surface area contributed by atoms with E-state index in [0.717, 1.165) is 34.8 Å². The molecular formula is C26H32ClFO2. The van der Waals surface area contributed by atoms with Crippen molar-refractivity contribution in [2.24, 2.45) is 11.3 Å². The molecule has 0 fully saturated rings. The Hall–Kier alpha value is -2.13. The summed E-state index contributed by atoms with van der Waals surface area (Å²) >= 11 is 5.83. The van der Waals surface area contributed by atoms with Gasteiger partial charge in [-0.15, -0.1) is 0 Å². The first-order chi connectivity index (χ1) is 14.0. The van der Waals surface area contributed by atoms with Crippen LogP contribution in [0.4, 0.5) is 4.39 Å². The Labute approximate surface area is 184 Å². The lowest BCUT2D eigenvalue weighted by Gasteiger charge is -2.20. The zero-order chi connectivity index (χ0) is 22.6. The van der Waals surface area contributed by atoms with Crippen LogP contribution >= 0.6 is 11.6 Å². The number of carbonyl (C=O) groups is 1. The van der Waals surface area contributed by atoms with E-state index in [4.69, 9.17) is 16.0 Å². The average molecular weight is 431 g/mol. The molecule has 1 aromatic heterocycles. The van der Waals surface area contributed by atoms with E-state index in [9.17, 15) is 9.18 Å². The molecule has 4 heteroatoms. The van der Waals surface area contributed by atoms with Crippen LogP contribution < -0.4 is 10.6 Å². The van der Waals surface area contributed by atoms with Crippen molar-refractivity contribution in [2.45, 2.75) is 61.3 Å². The molecule has 0 saturated carbocycles. The van der Waals surface area contributed by atoms with Crippen LogP contribution in [0.3, 0.4) is 0 Å². The van der Waals surface area contributed by atoms with Gasteiger partial charge in [-0.2, -0.15) is 0 Å². The molecule has 2 rings (SSSR count). The summed E-state index contributed by atoms with van der Waals surface area (Å²) in [5.41, 5.74) is 3.05. The Morgan fingerprint density at radius 3 is 2.43 bits per heavy atom. The van der Waals surface area contributed by atoms with Gasteiger partial charge in [-0.25, -0.2) is 4.39 Å². The predicted molar refractivity (Wildman–Crippen MR) is 124 cm³/mol. The predicted octanol–water partition coefficient (Wildman–Crippen LogP) is 6.79. The summed E-state index contributed by atoms with van der Waals surface area (Å²) in [4.78, 5) is 12.7. The second-order valence-corrected chi connectivity index (χ2v) is 9.21. The van der Waals surface area contributed by atoms with E-state index >= 15 is 0 Å². The molecule has 0 radical (unpaired) electrons. The van der Waals surface area contributed by atoms with Gasteiger partial charge in [0, 0.05) is 16.7 Å². The number of furan rings is 1. The topological polar surface area (TPSA) is 30.2 Å². The smallest absolute Gasteiger partial charge is 0.200 e. The summed E-state index contributed by atoms with van der Waals surface area (Å²) in [6.45, 7) is 14.2. The molecule has 0 saturated heterocycles. The van der Waals surface area contributed by atoms with Crippen molar-refractivity contribution in [2.75, 3.05) is 0 Å². The Morgan fingerprint density at radius 2 is 1.90 bits per heavy atom. The van der Waals surface area contributed by atoms with Gasteiger partial charge in [-0.05, 0) is 54.5 Å². The zero-order valence-corrected chi connectivity index (χ0v) is 19.8. The van der Waals surface area contributed by atoms with Gasteiger partial charge in [-0.1, -0.05) is 71.4 Å². The van der Waals surface area contributed by atoms with Crippen molar-refractivity contribution < 1.29 is 13.6 Å². The molecule has 1 unspecified atom stereocenters. The monoisotopic (exact) mass is 430 g/mol. The highest BCUT2D eigenvalue weighted by Crippen LogP contribution is 2.30. The summed E-state index contributed by atoms with van der Waals surface area (Å²) in [6.07, 6.45) is 5.68. The molecular weight excluding hydrogens is 399 g/mol. The number of hydrogen-bond acceptors (Lipinski definition) is 2. The molecule has 0 aliphatic carbocycles. The number of carbonyl (C=O) groups excluding carboxylic acids is 1. The van der Waals surface area contributed by atoms with Crippen LogP contribution in [-0.2, 0) is 0 Å². The van der Waals surface area contributed by atoms with E-state index < -0.39 is 5.82 Å². The third-order valence-electron chi connectivity index (χ3n) is 5.28. The lowest BCUT2D eigenvalue weighted by molar-refractivity contribution is 0.0897. The summed E-state index contributed by atoms with van der Waals surface area (Å²) in [6, 6.07) is 6.65. The van der Waals surface area contributed by atoms with Crippen LogP contribution in [0, 0.1) is 17.2 Å². The molecule has 162 valence electrons. The fourth-order valence-electron chi connectivity index (χ4n) is 3.20. The van der Waals surface area contributed by atoms with E-state index in [0.29, 0.717) is 11.2 Å². The quantitative estimate of drug-likeness (QED) is 0.472. The molecule has 0 N–H and O–H groups in total. The Morgan fingerprint density at radius 1 is 1.23 bits per heavy atom. The van der Waals surface area contributed by atoms with Crippen molar-refractivity contribution in [3.63, 3.8) is 0 Å². The fourth-order valence-corrected chi connectivity index (χ4v) is 3.32. The summed E-state index contributed by atoms with van der Waals surface area (Å²) < 4.78 is 20.1. The molecule has 2 nitrogen and oxygen atoms in total. The normalized spacial score (nSPS) is 15.4. The second kappa shape index (κ2) is 9.78. The third kappa shape index (κ3) is 5.51. The number of rotatable bonds is 6. The van der Waals surface area contributed by atoms with Gasteiger partial charge >= 0.3 is 0 Å². The number of Topliss-reactive ketones (excluding diaryl/α,β-unsaturated/α-hetero) is 1. The van der Waals surface area contributed by atoms with E-state index in [1.807, 2.05) is 32.9 Å². The highest BCUT2D eigenvalue weighted by Gasteiger charge is 2.22. The van der Waals surface area contributed by atoms with Gasteiger partial charge in [-0.3, -0.25) is 4.79 Å². The zero-order valence-electron chi connectivity index (χ0n) is 19.0. The maximum absolute atomic E-state index is 14.0. The number of hydrogen-bond donors (Lipinski definition) is 0. The first kappa shape index (κ1) is 24.1. The first-order valence-corrected chi connectivity index (χ1v) is 10.9. The molecule has 2 aromatic rings. The number of halogens is 2. The van der Waals surface area contributed by atoms with Gasteiger partial charge < -0.3 is 4.42 Å². The number of ketones is 1. The van der Waals surface area contributed by atoms with Crippen molar-refractivity contribution in [3.8, 4) is 0 Å². The minimum Gasteiger partial charge on any atom is -0.453 e. The highest BCUT2D eigenvalue weighted by atomic mass is 35.5. The highest BCUT2D eigenvalue weighted by molar-refractivity contribution is 6.30. The van der Waals surface area contributed by atoms with Crippen LogP contribution in [0.2, 0.25) is 5.02 Å². The van der Waals surface area contributed by atoms with Crippen LogP contribution in [0.15, 0.2) is 34.8 Å². The van der Waals surface area contributed by atoms with Crippen molar-refractivity contribution in [1.29, 1.82) is 0 Å². The molecule has 0 spiro atoms. The molecule has 0 bridgehead atoms. The lowest BCUT2D eigenvalue weighted by atomic mass is 9.84. The molecule has 0 amide bonds. The van der Waals surface area contributed by atoms with Gasteiger partial charge in [0.1, 0.15) is 11.2 Å². The van der Waals surface area contributed by atoms with Crippen LogP contribution in [0.5, 0.6) is 0 Å². The summed E-state index contributed by atoms with van der Waals surface area (Å²) in [7, 11) is 0. The molecule has 1 atom stereocenters. The number of benzene rings is 1. The van der Waals surface area contributed by atoms with E-state index in [1.54, 1.807) is 12.1 Å². The molecule has 0 aliphatic heterocycles. The fraction of sp³-hybridized carbons (Fsp3) is 0.423. The molecule has 1 aromatic carbocycles. The Balaban J connectivity index is 2.79. The molecule has 0 aliphatic rings. The van der Waals surface area contributed by atoms with Crippen molar-refractivity contribution >= 4 is 34.6 Å². The van der Waals surface area contributed by atoms with Crippen LogP contribution in [0.1, 0.15) is 77.4 Å². The average Bonchev–Trinajstić information content (AvgIpc) is 3.09. The second-order valence-electron chi connectivity index (χ2n) is 8.80. The van der Waals surface area contributed by atoms with Crippen molar-refractivity contribution in [1.82, 2.24) is 0 Å². The molecule has 30 heavy (non-hydrogen) atoms. The van der Waals surface area contributed by atoms with Gasteiger partial charge in [0.2, 0.25) is 5.78 Å². The standard InChI is InChI=1S/C26H32ClFO2/c1-8-10-19-15-23(24(29)16(3)9-2)30-25(19)20(26(5,6)7)13-17(4)18-11-12-21(27)22(28)14-18/h10-16H,8-9H2,1-7H3/b17-13+,19-10+,25-20-. The van der Waals surface area contributed by atoms with Crippen molar-refractivity contribution in [3.05, 3.63) is 63.1 Å². The third-order valence-corrected chi connectivity index (χ3v) is 5.58. The van der Waals surface area contributed by atoms with E-state index in [1.165, 1.54) is 6.07 Å². The maximum atomic E-state index is 14.0. The lowest BCUT2D eigenvalue weighted by Crippen LogP contribution is -2.27. The first-order valence-electron chi connectivity index (χ1n) is 10.5. The van der Waals surface area contributed by atoms with Gasteiger partial charge in [0.15, 0.2) is 5.76 Å². The van der Waals surface area contributed by atoms with Gasteiger partial charge in [0.25, 0.3) is 0 Å². The largest absolute Gasteiger partial charge is 0.453 e. The SMILES string of the molecule is CC\C=c1/cc(C(=O)C(C)CC)o/c1=C(/C=C(\C)c1ccc(Cl)c(F)c1)C(C)(C)C. The van der Waals surface area contributed by atoms with Crippen LogP contribution in [-0.4, -0.2) is 5.78 Å². The Bertz CT molecular complexity index is 1070. The molecule has 1 heterocycles. The van der Waals surface area contributed by atoms with Gasteiger partial charge in [0.05, 0.1) is 5.02 Å². The Kier molecular flexibility index (Phi) is 7.87. The number of allylic oxidation sites excluding steroid dienone is 2.